The van der Waals surface area contributed by atoms with Crippen LogP contribution in [0, 0.1) is 0 Å². The number of hydrogen-bond donors (Lipinski definition) is 4. The Hall–Kier alpha value is -1.85. The highest BCUT2D eigenvalue weighted by molar-refractivity contribution is 7.93. The zero-order valence-electron chi connectivity index (χ0n) is 16.3. The van der Waals surface area contributed by atoms with Crippen LogP contribution >= 0.6 is 11.3 Å². The summed E-state index contributed by atoms with van der Waals surface area (Å²) in [5.74, 6) is 0. The maximum Gasteiger partial charge on any atom is 0.354 e. The van der Waals surface area contributed by atoms with Crippen molar-refractivity contribution >= 4 is 33.0 Å². The largest absolute Gasteiger partial charge is 0.388 e. The number of aliphatic hydroxyl groups excluding tert-OH is 1. The number of nitrogens with one attached hydrogen (secondary N) is 1. The van der Waals surface area contributed by atoms with Gasteiger partial charge in [-0.05, 0) is 68.2 Å². The van der Waals surface area contributed by atoms with Crippen molar-refractivity contribution < 1.29 is 19.2 Å². The van der Waals surface area contributed by atoms with Crippen LogP contribution in [-0.4, -0.2) is 25.4 Å². The number of hydrogen-bond acceptors (Lipinski definition) is 6. The van der Waals surface area contributed by atoms with E-state index in [1.165, 1.54) is 6.20 Å². The molecule has 2 aliphatic rings. The molecular formula is C19H24N4O4S2. The molecule has 0 spiro atoms. The van der Waals surface area contributed by atoms with E-state index in [1.807, 2.05) is 6.07 Å². The number of amides is 2. The average molecular weight is 437 g/mol. The van der Waals surface area contributed by atoms with E-state index in [9.17, 15) is 19.2 Å². The number of aliphatic hydroxyl groups is 2. The first-order chi connectivity index (χ1) is 13.6. The second-order valence-electron chi connectivity index (χ2n) is 8.00. The first-order valence-corrected chi connectivity index (χ1v) is 11.9. The molecule has 0 saturated heterocycles. The summed E-state index contributed by atoms with van der Waals surface area (Å²) in [6, 6.07) is 1.24. The van der Waals surface area contributed by atoms with Gasteiger partial charge in [0.05, 0.1) is 16.6 Å². The normalized spacial score (nSPS) is 20.1. The van der Waals surface area contributed by atoms with Crippen molar-refractivity contribution in [2.75, 3.05) is 5.32 Å². The molecule has 0 aliphatic heterocycles. The first kappa shape index (κ1) is 20.4. The van der Waals surface area contributed by atoms with Crippen LogP contribution in [0.25, 0.3) is 0 Å². The molecule has 2 atom stereocenters. The van der Waals surface area contributed by atoms with Crippen LogP contribution in [0.5, 0.6) is 0 Å². The highest BCUT2D eigenvalue weighted by Crippen LogP contribution is 2.42. The molecule has 2 amide bonds. The van der Waals surface area contributed by atoms with Crippen molar-refractivity contribution in [2.45, 2.75) is 62.0 Å². The number of nitrogens with two attached hydrogens (primary N) is 1. The number of carbonyl (C=O) groups is 1. The summed E-state index contributed by atoms with van der Waals surface area (Å²) in [6.07, 6.45) is 4.87. The number of aryl methyl sites for hydroxylation is 1. The topological polar surface area (TPSA) is 138 Å². The Kier molecular flexibility index (Phi) is 5.02. The van der Waals surface area contributed by atoms with E-state index in [1.54, 1.807) is 13.8 Å². The number of nitrogens with zero attached hydrogens (tertiary/aromatic N) is 2. The highest BCUT2D eigenvalue weighted by Gasteiger charge is 2.29. The molecule has 8 nitrogen and oxygen atoms in total. The summed E-state index contributed by atoms with van der Waals surface area (Å²) in [4.78, 5) is 17.1. The fraction of sp³-hybridized carbons (Fsp3) is 0.474. The Bertz CT molecular complexity index is 1110. The van der Waals surface area contributed by atoms with Crippen LogP contribution in [0.2, 0.25) is 0 Å². The van der Waals surface area contributed by atoms with Gasteiger partial charge < -0.3 is 15.5 Å². The van der Waals surface area contributed by atoms with E-state index >= 15 is 0 Å². The van der Waals surface area contributed by atoms with Crippen LogP contribution in [0.4, 0.5) is 10.5 Å². The molecule has 1 unspecified atom stereocenters. The van der Waals surface area contributed by atoms with E-state index in [0.29, 0.717) is 23.4 Å². The third-order valence-corrected chi connectivity index (χ3v) is 8.47. The smallest absolute Gasteiger partial charge is 0.354 e. The second kappa shape index (κ2) is 7.13. The van der Waals surface area contributed by atoms with E-state index in [4.69, 9.17) is 5.14 Å². The summed E-state index contributed by atoms with van der Waals surface area (Å²) in [6.45, 7) is 3.16. The fourth-order valence-electron chi connectivity index (χ4n) is 3.94. The van der Waals surface area contributed by atoms with E-state index in [-0.39, 0.29) is 4.34 Å². The van der Waals surface area contributed by atoms with Crippen LogP contribution in [0.1, 0.15) is 59.9 Å². The van der Waals surface area contributed by atoms with Crippen LogP contribution in [0.3, 0.4) is 0 Å². The minimum atomic E-state index is -3.55. The van der Waals surface area contributed by atoms with Crippen LogP contribution in [-0.2, 0) is 34.8 Å². The summed E-state index contributed by atoms with van der Waals surface area (Å²) < 4.78 is 16.5. The summed E-state index contributed by atoms with van der Waals surface area (Å²) in [5.41, 5.74) is 3.48. The van der Waals surface area contributed by atoms with Gasteiger partial charge in [-0.25, -0.2) is 19.1 Å². The maximum atomic E-state index is 12.8. The number of rotatable bonds is 3. The summed E-state index contributed by atoms with van der Waals surface area (Å²) >= 11 is 0.967. The molecule has 1 aromatic carbocycles. The number of anilines is 1. The lowest BCUT2D eigenvalue weighted by molar-refractivity contribution is 0.0823. The quantitative estimate of drug-likeness (QED) is 0.586. The van der Waals surface area contributed by atoms with Gasteiger partial charge in [0.2, 0.25) is 4.34 Å². The monoisotopic (exact) mass is 436 g/mol. The van der Waals surface area contributed by atoms with Crippen molar-refractivity contribution in [1.29, 1.82) is 0 Å². The Morgan fingerprint density at radius 2 is 2.14 bits per heavy atom. The summed E-state index contributed by atoms with van der Waals surface area (Å²) in [5, 5.41) is 28.9. The molecule has 0 bridgehead atoms. The van der Waals surface area contributed by atoms with Gasteiger partial charge in [-0.2, -0.15) is 0 Å². The molecular weight excluding hydrogens is 412 g/mol. The van der Waals surface area contributed by atoms with Crippen molar-refractivity contribution in [3.63, 3.8) is 0 Å². The van der Waals surface area contributed by atoms with Crippen LogP contribution < -0.4 is 10.5 Å². The molecule has 29 heavy (non-hydrogen) atoms. The van der Waals surface area contributed by atoms with Crippen LogP contribution in [0.15, 0.2) is 21.0 Å². The van der Waals surface area contributed by atoms with Gasteiger partial charge in [0.25, 0.3) is 0 Å². The number of fused-ring (bicyclic) bond motifs is 2. The van der Waals surface area contributed by atoms with E-state index < -0.39 is 27.7 Å². The Balaban J connectivity index is 1.66. The predicted molar refractivity (Wildman–Crippen MR) is 111 cm³/mol. The molecule has 0 radical (unpaired) electrons. The van der Waals surface area contributed by atoms with E-state index in [2.05, 4.69) is 14.7 Å². The fourth-order valence-corrected chi connectivity index (χ4v) is 6.02. The molecule has 4 rings (SSSR count). The zero-order valence-corrected chi connectivity index (χ0v) is 17.9. The third kappa shape index (κ3) is 3.82. The number of thiazole rings is 1. The van der Waals surface area contributed by atoms with Gasteiger partial charge in [-0.1, -0.05) is 6.07 Å². The molecule has 2 aliphatic carbocycles. The van der Waals surface area contributed by atoms with Crippen molar-refractivity contribution in [1.82, 2.24) is 4.98 Å². The lowest BCUT2D eigenvalue weighted by Crippen LogP contribution is -2.19. The predicted octanol–water partition coefficient (Wildman–Crippen LogP) is 2.77. The van der Waals surface area contributed by atoms with Gasteiger partial charge in [-0.15, -0.1) is 15.7 Å². The standard InChI is InChI=1S/C19H24N4O4S2/c1-19(2,26)15-9-21-18(28-15)29(20,27)23-17(25)22-16-11-5-3-4-10(11)8-13-12(16)6-7-14(13)24/h8-9,14,24,26H,3-7H2,1-2H3,(H3,20,22,23,25,27)/t14?,29-/m1/s1. The lowest BCUT2D eigenvalue weighted by Gasteiger charge is -2.15. The zero-order chi connectivity index (χ0) is 21.0. The van der Waals surface area contributed by atoms with Gasteiger partial charge in [0.1, 0.15) is 0 Å². The number of benzene rings is 1. The molecule has 1 aromatic heterocycles. The summed E-state index contributed by atoms with van der Waals surface area (Å²) in [7, 11) is -3.55. The Morgan fingerprint density at radius 1 is 1.38 bits per heavy atom. The lowest BCUT2D eigenvalue weighted by atomic mass is 9.98. The molecule has 0 fully saturated rings. The van der Waals surface area contributed by atoms with Gasteiger partial charge in [0.15, 0.2) is 9.92 Å². The molecule has 156 valence electrons. The SMILES string of the molecule is CC(C)(O)c1cnc([S@](N)(=O)=NC(=O)Nc2c3c(cc4c2CCC4O)CCC3)s1. The Morgan fingerprint density at radius 3 is 2.83 bits per heavy atom. The molecule has 1 heterocycles. The molecule has 10 heteroatoms. The number of carbonyl (C=O) groups excluding carboxylic acids is 1. The van der Waals surface area contributed by atoms with Crippen molar-refractivity contribution in [2.24, 2.45) is 9.50 Å². The van der Waals surface area contributed by atoms with Gasteiger partial charge in [-0.3, -0.25) is 0 Å². The molecule has 0 saturated carbocycles. The van der Waals surface area contributed by atoms with Crippen molar-refractivity contribution in [3.05, 3.63) is 39.4 Å². The Labute approximate surface area is 173 Å². The highest BCUT2D eigenvalue weighted by atomic mass is 32.2. The van der Waals surface area contributed by atoms with Crippen molar-refractivity contribution in [3.8, 4) is 0 Å². The minimum absolute atomic E-state index is 0.0104. The molecule has 2 aromatic rings. The maximum absolute atomic E-state index is 12.8. The first-order valence-electron chi connectivity index (χ1n) is 9.46. The average Bonchev–Trinajstić information content (AvgIpc) is 3.33. The molecule has 5 N–H and O–H groups in total. The minimum Gasteiger partial charge on any atom is -0.388 e. The van der Waals surface area contributed by atoms with Gasteiger partial charge in [0, 0.05) is 11.9 Å². The van der Waals surface area contributed by atoms with E-state index in [0.717, 1.165) is 52.9 Å². The third-order valence-electron chi connectivity index (χ3n) is 5.36. The number of aromatic nitrogens is 1. The van der Waals surface area contributed by atoms with Gasteiger partial charge >= 0.3 is 6.03 Å². The second-order valence-corrected chi connectivity index (χ2v) is 11.0. The number of urea groups is 1.